The summed E-state index contributed by atoms with van der Waals surface area (Å²) < 4.78 is 5.53. The highest BCUT2D eigenvalue weighted by atomic mass is 16.5. The van der Waals surface area contributed by atoms with Crippen LogP contribution in [-0.2, 0) is 9.59 Å². The first-order chi connectivity index (χ1) is 14.5. The fourth-order valence-corrected chi connectivity index (χ4v) is 3.38. The Hall–Kier alpha value is -3.35. The van der Waals surface area contributed by atoms with E-state index < -0.39 is 0 Å². The molecule has 1 aliphatic heterocycles. The van der Waals surface area contributed by atoms with Gasteiger partial charge in [0.25, 0.3) is 11.8 Å². The minimum absolute atomic E-state index is 0.0275. The van der Waals surface area contributed by atoms with E-state index >= 15 is 0 Å². The molecular formula is C23H27N3O4. The van der Waals surface area contributed by atoms with Gasteiger partial charge in [-0.05, 0) is 68.8 Å². The van der Waals surface area contributed by atoms with Crippen LogP contribution in [0.3, 0.4) is 0 Å². The summed E-state index contributed by atoms with van der Waals surface area (Å²) in [5.74, 6) is 0.366. The molecule has 1 saturated heterocycles. The van der Waals surface area contributed by atoms with Gasteiger partial charge in [0, 0.05) is 43.0 Å². The molecule has 2 aromatic rings. The minimum Gasteiger partial charge on any atom is -0.484 e. The first kappa shape index (κ1) is 21.4. The van der Waals surface area contributed by atoms with Gasteiger partial charge in [0.05, 0.1) is 0 Å². The zero-order chi connectivity index (χ0) is 21.5. The number of hydrogen-bond acceptors (Lipinski definition) is 4. The summed E-state index contributed by atoms with van der Waals surface area (Å²) in [6.07, 6.45) is 1.46. The Bertz CT molecular complexity index is 890. The third-order valence-electron chi connectivity index (χ3n) is 5.06. The maximum atomic E-state index is 12.3. The van der Waals surface area contributed by atoms with Gasteiger partial charge in [0.15, 0.2) is 6.61 Å². The Morgan fingerprint density at radius 2 is 1.70 bits per heavy atom. The predicted octanol–water partition coefficient (Wildman–Crippen LogP) is 3.31. The van der Waals surface area contributed by atoms with Crippen molar-refractivity contribution in [1.82, 2.24) is 4.90 Å². The number of carbonyl (C=O) groups is 3. The van der Waals surface area contributed by atoms with Gasteiger partial charge in [0.2, 0.25) is 5.91 Å². The molecule has 0 bridgehead atoms. The molecule has 1 fully saturated rings. The lowest BCUT2D eigenvalue weighted by Crippen LogP contribution is -2.30. The van der Waals surface area contributed by atoms with Crippen LogP contribution in [0.2, 0.25) is 0 Å². The minimum atomic E-state index is -0.295. The van der Waals surface area contributed by atoms with Crippen LogP contribution in [0.15, 0.2) is 48.5 Å². The van der Waals surface area contributed by atoms with Crippen LogP contribution in [-0.4, -0.2) is 48.9 Å². The number of hydrogen-bond donors (Lipinski definition) is 1. The van der Waals surface area contributed by atoms with Crippen LogP contribution in [0.5, 0.6) is 5.75 Å². The van der Waals surface area contributed by atoms with Crippen LogP contribution in [0.4, 0.5) is 11.4 Å². The molecule has 0 atom stereocenters. The summed E-state index contributed by atoms with van der Waals surface area (Å²) in [7, 11) is 0. The summed E-state index contributed by atoms with van der Waals surface area (Å²) in [5, 5.41) is 2.76. The number of rotatable bonds is 8. The Morgan fingerprint density at radius 1 is 1.03 bits per heavy atom. The number of nitrogens with zero attached hydrogens (tertiary/aromatic N) is 2. The smallest absolute Gasteiger partial charge is 0.262 e. The van der Waals surface area contributed by atoms with E-state index in [0.29, 0.717) is 36.5 Å². The van der Waals surface area contributed by atoms with Crippen molar-refractivity contribution in [3.05, 3.63) is 54.1 Å². The lowest BCUT2D eigenvalue weighted by Gasteiger charge is -2.18. The SMILES string of the molecule is CCN(CC)C(=O)c1ccc(NC(=O)COc2ccc(N3CCCC3=O)cc2)cc1. The maximum Gasteiger partial charge on any atom is 0.262 e. The second-order valence-corrected chi connectivity index (χ2v) is 7.03. The van der Waals surface area contributed by atoms with Crippen molar-refractivity contribution >= 4 is 29.1 Å². The molecule has 3 rings (SSSR count). The fourth-order valence-electron chi connectivity index (χ4n) is 3.38. The van der Waals surface area contributed by atoms with E-state index in [1.165, 1.54) is 0 Å². The van der Waals surface area contributed by atoms with Crippen LogP contribution in [0.25, 0.3) is 0 Å². The molecule has 158 valence electrons. The van der Waals surface area contributed by atoms with Gasteiger partial charge >= 0.3 is 0 Å². The average Bonchev–Trinajstić information content (AvgIpc) is 3.20. The molecule has 3 amide bonds. The largest absolute Gasteiger partial charge is 0.484 e. The molecule has 1 N–H and O–H groups in total. The zero-order valence-electron chi connectivity index (χ0n) is 17.4. The number of ether oxygens (including phenoxy) is 1. The molecule has 0 aliphatic carbocycles. The molecule has 0 saturated carbocycles. The lowest BCUT2D eigenvalue weighted by molar-refractivity contribution is -0.118. The third kappa shape index (κ3) is 5.17. The van der Waals surface area contributed by atoms with Crippen LogP contribution in [0.1, 0.15) is 37.0 Å². The zero-order valence-corrected chi connectivity index (χ0v) is 17.4. The third-order valence-corrected chi connectivity index (χ3v) is 5.06. The molecule has 7 nitrogen and oxygen atoms in total. The molecule has 0 aromatic heterocycles. The molecular weight excluding hydrogens is 382 g/mol. The average molecular weight is 409 g/mol. The van der Waals surface area contributed by atoms with E-state index in [4.69, 9.17) is 4.74 Å². The van der Waals surface area contributed by atoms with Gasteiger partial charge in [-0.2, -0.15) is 0 Å². The number of amides is 3. The van der Waals surface area contributed by atoms with Gasteiger partial charge in [-0.3, -0.25) is 14.4 Å². The van der Waals surface area contributed by atoms with Crippen molar-refractivity contribution in [2.45, 2.75) is 26.7 Å². The Labute approximate surface area is 176 Å². The molecule has 0 unspecified atom stereocenters. The Balaban J connectivity index is 1.50. The molecule has 30 heavy (non-hydrogen) atoms. The molecule has 0 radical (unpaired) electrons. The van der Waals surface area contributed by atoms with Gasteiger partial charge in [0.1, 0.15) is 5.75 Å². The van der Waals surface area contributed by atoms with Crippen molar-refractivity contribution in [2.75, 3.05) is 36.5 Å². The summed E-state index contributed by atoms with van der Waals surface area (Å²) in [4.78, 5) is 39.8. The van der Waals surface area contributed by atoms with Crippen molar-refractivity contribution < 1.29 is 19.1 Å². The topological polar surface area (TPSA) is 79.0 Å². The molecule has 2 aromatic carbocycles. The van der Waals surface area contributed by atoms with Crippen molar-refractivity contribution in [2.24, 2.45) is 0 Å². The standard InChI is InChI=1S/C23H27N3O4/c1-3-25(4-2)23(29)17-7-9-18(10-8-17)24-21(27)16-30-20-13-11-19(12-14-20)26-15-5-6-22(26)28/h7-14H,3-6,15-16H2,1-2H3,(H,24,27). The monoisotopic (exact) mass is 409 g/mol. The second kappa shape index (κ2) is 9.91. The predicted molar refractivity (Wildman–Crippen MR) is 116 cm³/mol. The highest BCUT2D eigenvalue weighted by Crippen LogP contribution is 2.24. The van der Waals surface area contributed by atoms with Crippen LogP contribution >= 0.6 is 0 Å². The summed E-state index contributed by atoms with van der Waals surface area (Å²) in [6.45, 7) is 5.79. The Morgan fingerprint density at radius 3 is 2.27 bits per heavy atom. The van der Waals surface area contributed by atoms with Gasteiger partial charge in [-0.1, -0.05) is 0 Å². The number of anilines is 2. The molecule has 1 aliphatic rings. The molecule has 1 heterocycles. The lowest BCUT2D eigenvalue weighted by atomic mass is 10.2. The van der Waals surface area contributed by atoms with Gasteiger partial charge in [-0.15, -0.1) is 0 Å². The maximum absolute atomic E-state index is 12.3. The van der Waals surface area contributed by atoms with E-state index in [2.05, 4.69) is 5.32 Å². The number of carbonyl (C=O) groups excluding carboxylic acids is 3. The van der Waals surface area contributed by atoms with Crippen molar-refractivity contribution in [3.63, 3.8) is 0 Å². The van der Waals surface area contributed by atoms with E-state index in [1.807, 2.05) is 26.0 Å². The summed E-state index contributed by atoms with van der Waals surface area (Å²) >= 11 is 0. The van der Waals surface area contributed by atoms with Crippen molar-refractivity contribution in [1.29, 1.82) is 0 Å². The second-order valence-electron chi connectivity index (χ2n) is 7.03. The highest BCUT2D eigenvalue weighted by Gasteiger charge is 2.21. The van der Waals surface area contributed by atoms with E-state index in [0.717, 1.165) is 18.7 Å². The quantitative estimate of drug-likeness (QED) is 0.726. The van der Waals surface area contributed by atoms with Crippen LogP contribution < -0.4 is 15.0 Å². The van der Waals surface area contributed by atoms with E-state index in [-0.39, 0.29) is 24.3 Å². The highest BCUT2D eigenvalue weighted by molar-refractivity contribution is 5.96. The summed E-state index contributed by atoms with van der Waals surface area (Å²) in [6, 6.07) is 14.0. The summed E-state index contributed by atoms with van der Waals surface area (Å²) in [5.41, 5.74) is 2.03. The molecule has 7 heteroatoms. The molecule has 0 spiro atoms. The van der Waals surface area contributed by atoms with Gasteiger partial charge in [-0.25, -0.2) is 0 Å². The first-order valence-corrected chi connectivity index (χ1v) is 10.2. The number of benzene rings is 2. The first-order valence-electron chi connectivity index (χ1n) is 10.2. The number of nitrogens with one attached hydrogen (secondary N) is 1. The normalized spacial score (nSPS) is 13.3. The van der Waals surface area contributed by atoms with Crippen molar-refractivity contribution in [3.8, 4) is 5.75 Å². The fraction of sp³-hybridized carbons (Fsp3) is 0.348. The Kier molecular flexibility index (Phi) is 7.06. The van der Waals surface area contributed by atoms with Crippen LogP contribution in [0, 0.1) is 0 Å². The van der Waals surface area contributed by atoms with Gasteiger partial charge < -0.3 is 19.9 Å². The van der Waals surface area contributed by atoms with E-state index in [9.17, 15) is 14.4 Å². The van der Waals surface area contributed by atoms with E-state index in [1.54, 1.807) is 46.2 Å².